The predicted octanol–water partition coefficient (Wildman–Crippen LogP) is 7.18. The number of aromatic nitrogens is 1. The van der Waals surface area contributed by atoms with Crippen molar-refractivity contribution in [1.29, 1.82) is 0 Å². The van der Waals surface area contributed by atoms with E-state index in [-0.39, 0.29) is 0 Å². The van der Waals surface area contributed by atoms with Gasteiger partial charge in [-0.25, -0.2) is 4.99 Å². The number of morpholine rings is 1. The number of ether oxygens (including phenoxy) is 1. The molecule has 0 amide bonds. The van der Waals surface area contributed by atoms with Crippen molar-refractivity contribution in [1.82, 2.24) is 14.8 Å². The van der Waals surface area contributed by atoms with E-state index in [2.05, 4.69) is 89.4 Å². The number of H-pyrrole nitrogens is 1. The Hall–Kier alpha value is -2.96. The molecule has 0 aliphatic carbocycles. The molecule has 2 aromatic rings. The molecule has 3 heterocycles. The third-order valence-electron chi connectivity index (χ3n) is 8.58. The number of likely N-dealkylation sites (tertiary alicyclic amines) is 1. The molecule has 1 N–H and O–H groups in total. The first-order chi connectivity index (χ1) is 19.3. The van der Waals surface area contributed by atoms with Crippen molar-refractivity contribution < 1.29 is 4.74 Å². The van der Waals surface area contributed by atoms with E-state index >= 15 is 0 Å². The van der Waals surface area contributed by atoms with Crippen molar-refractivity contribution in [3.05, 3.63) is 65.0 Å². The highest BCUT2D eigenvalue weighted by molar-refractivity contribution is 6.04. The van der Waals surface area contributed by atoms with E-state index in [0.717, 1.165) is 63.6 Å². The van der Waals surface area contributed by atoms with Gasteiger partial charge < -0.3 is 14.6 Å². The van der Waals surface area contributed by atoms with Gasteiger partial charge >= 0.3 is 0 Å². The molecule has 4 rings (SSSR count). The molecule has 40 heavy (non-hydrogen) atoms. The van der Waals surface area contributed by atoms with Gasteiger partial charge in [-0.3, -0.25) is 9.89 Å². The Morgan fingerprint density at radius 1 is 1.15 bits per heavy atom. The molecule has 2 aliphatic rings. The van der Waals surface area contributed by atoms with E-state index < -0.39 is 0 Å². The maximum atomic E-state index is 5.49. The molecule has 2 fully saturated rings. The van der Waals surface area contributed by atoms with Crippen LogP contribution in [0.2, 0.25) is 0 Å². The molecule has 216 valence electrons. The number of hydrogen-bond donors (Lipinski definition) is 1. The van der Waals surface area contributed by atoms with Crippen LogP contribution in [-0.2, 0) is 4.74 Å². The third kappa shape index (κ3) is 7.21. The zero-order valence-corrected chi connectivity index (χ0v) is 25.6. The average molecular weight is 544 g/mol. The van der Waals surface area contributed by atoms with Crippen LogP contribution in [0.25, 0.3) is 16.5 Å². The summed E-state index contributed by atoms with van der Waals surface area (Å²) in [5, 5.41) is 1.36. The van der Waals surface area contributed by atoms with E-state index in [1.54, 1.807) is 13.4 Å². The summed E-state index contributed by atoms with van der Waals surface area (Å²) >= 11 is 0. The first-order valence-electron chi connectivity index (χ1n) is 15.0. The molecular formula is C34H49N5O. The number of nitrogens with one attached hydrogen (secondary N) is 1. The van der Waals surface area contributed by atoms with E-state index in [9.17, 15) is 0 Å². The molecule has 1 aromatic carbocycles. The second kappa shape index (κ2) is 14.1. The fourth-order valence-electron chi connectivity index (χ4n) is 5.99. The van der Waals surface area contributed by atoms with Gasteiger partial charge in [0.2, 0.25) is 0 Å². The molecule has 6 heteroatoms. The number of nitrogens with zero attached hydrogens (tertiary/aromatic N) is 4. The average Bonchev–Trinajstić information content (AvgIpc) is 3.36. The van der Waals surface area contributed by atoms with Crippen LogP contribution in [0.15, 0.2) is 58.2 Å². The molecule has 0 unspecified atom stereocenters. The number of allylic oxidation sites excluding steroid dienone is 4. The quantitative estimate of drug-likeness (QED) is 0.196. The third-order valence-corrected chi connectivity index (χ3v) is 8.58. The molecule has 6 nitrogen and oxygen atoms in total. The largest absolute Gasteiger partial charge is 0.379 e. The Morgan fingerprint density at radius 2 is 1.88 bits per heavy atom. The number of rotatable bonds is 10. The summed E-state index contributed by atoms with van der Waals surface area (Å²) in [7, 11) is 1.74. The zero-order valence-electron chi connectivity index (χ0n) is 25.6. The van der Waals surface area contributed by atoms with Crippen molar-refractivity contribution in [2.24, 2.45) is 9.98 Å². The summed E-state index contributed by atoms with van der Waals surface area (Å²) in [6, 6.07) is 7.10. The Labute approximate surface area is 241 Å². The molecular weight excluding hydrogens is 494 g/mol. The molecule has 0 spiro atoms. The topological polar surface area (TPSA) is 56.2 Å². The fourth-order valence-corrected chi connectivity index (χ4v) is 5.99. The van der Waals surface area contributed by atoms with Gasteiger partial charge in [-0.2, -0.15) is 0 Å². The summed E-state index contributed by atoms with van der Waals surface area (Å²) in [5.41, 5.74) is 9.90. The molecule has 0 bridgehead atoms. The van der Waals surface area contributed by atoms with E-state index in [1.165, 1.54) is 51.8 Å². The van der Waals surface area contributed by atoms with E-state index in [1.807, 2.05) is 6.92 Å². The van der Waals surface area contributed by atoms with Crippen molar-refractivity contribution >= 4 is 28.5 Å². The fraction of sp³-hybridized carbons (Fsp3) is 0.529. The minimum atomic E-state index is 0.404. The molecule has 0 atom stereocenters. The van der Waals surface area contributed by atoms with Crippen LogP contribution >= 0.6 is 0 Å². The standard InChI is InChI=1S/C34H49N5O/c1-8-28(21-25(4)27(6)36-23-35-7)34-33(24(2)3)31-22-30(9-10-32(31)37-34)29-12-15-39(16-13-29)26(5)11-14-38-17-19-40-20-18-38/h8-10,21-24,29,37H,5,11-20H2,1-4,6-7H3/b25-21-,28-8+,35-23?,36-27?. The summed E-state index contributed by atoms with van der Waals surface area (Å²) in [4.78, 5) is 17.2. The van der Waals surface area contributed by atoms with Crippen LogP contribution in [0.3, 0.4) is 0 Å². The highest BCUT2D eigenvalue weighted by atomic mass is 16.5. The van der Waals surface area contributed by atoms with Gasteiger partial charge in [0.05, 0.1) is 13.2 Å². The lowest BCUT2D eigenvalue weighted by Gasteiger charge is -2.36. The van der Waals surface area contributed by atoms with Gasteiger partial charge in [-0.15, -0.1) is 0 Å². The molecule has 2 saturated heterocycles. The van der Waals surface area contributed by atoms with Crippen LogP contribution in [0.5, 0.6) is 0 Å². The van der Waals surface area contributed by atoms with Gasteiger partial charge in [0.25, 0.3) is 0 Å². The number of aliphatic imine (C=N–C) groups is 2. The SMILES string of the molecule is C=C(CCN1CCOCC1)N1CCC(c2ccc3[nH]c(C(/C=C(/C)C(C)=NC=NC)=C/C)c(C(C)C)c3c2)CC1. The van der Waals surface area contributed by atoms with E-state index in [0.29, 0.717) is 11.8 Å². The number of piperidine rings is 1. The van der Waals surface area contributed by atoms with Gasteiger partial charge in [0.15, 0.2) is 0 Å². The normalized spacial score (nSPS) is 19.0. The van der Waals surface area contributed by atoms with Crippen LogP contribution in [0.4, 0.5) is 0 Å². The molecule has 1 aromatic heterocycles. The second-order valence-corrected chi connectivity index (χ2v) is 11.6. The summed E-state index contributed by atoms with van der Waals surface area (Å²) in [6.07, 6.45) is 9.46. The number of hydrogen-bond acceptors (Lipinski definition) is 4. The number of fused-ring (bicyclic) bond motifs is 1. The summed E-state index contributed by atoms with van der Waals surface area (Å²) in [5.74, 6) is 0.995. The maximum absolute atomic E-state index is 5.49. The monoisotopic (exact) mass is 543 g/mol. The second-order valence-electron chi connectivity index (χ2n) is 11.6. The summed E-state index contributed by atoms with van der Waals surface area (Å²) < 4.78 is 5.49. The van der Waals surface area contributed by atoms with E-state index in [4.69, 9.17) is 4.74 Å². The van der Waals surface area contributed by atoms with Crippen LogP contribution in [-0.4, -0.2) is 79.8 Å². The van der Waals surface area contributed by atoms with Crippen molar-refractivity contribution in [3.8, 4) is 0 Å². The molecule has 0 saturated carbocycles. The lowest BCUT2D eigenvalue weighted by Crippen LogP contribution is -2.38. The van der Waals surface area contributed by atoms with Crippen LogP contribution < -0.4 is 0 Å². The minimum absolute atomic E-state index is 0.404. The Bertz CT molecular complexity index is 1280. The highest BCUT2D eigenvalue weighted by Crippen LogP contribution is 2.37. The van der Waals surface area contributed by atoms with Crippen molar-refractivity contribution in [2.45, 2.75) is 65.7 Å². The lowest BCUT2D eigenvalue weighted by atomic mass is 9.87. The van der Waals surface area contributed by atoms with Crippen molar-refractivity contribution in [3.63, 3.8) is 0 Å². The number of benzene rings is 1. The van der Waals surface area contributed by atoms with Gasteiger partial charge in [0.1, 0.15) is 6.34 Å². The first-order valence-corrected chi connectivity index (χ1v) is 15.0. The smallest absolute Gasteiger partial charge is 0.109 e. The first kappa shape index (κ1) is 30.0. The minimum Gasteiger partial charge on any atom is -0.379 e. The number of aromatic amines is 1. The Morgan fingerprint density at radius 3 is 2.52 bits per heavy atom. The Balaban J connectivity index is 1.49. The van der Waals surface area contributed by atoms with Crippen LogP contribution in [0.1, 0.15) is 82.5 Å². The predicted molar refractivity (Wildman–Crippen MR) is 172 cm³/mol. The van der Waals surface area contributed by atoms with Gasteiger partial charge in [-0.05, 0) is 92.4 Å². The molecule has 0 radical (unpaired) electrons. The maximum Gasteiger partial charge on any atom is 0.109 e. The summed E-state index contributed by atoms with van der Waals surface area (Å²) in [6.45, 7) is 22.4. The highest BCUT2D eigenvalue weighted by Gasteiger charge is 2.24. The zero-order chi connectivity index (χ0) is 28.6. The Kier molecular flexibility index (Phi) is 10.6. The van der Waals surface area contributed by atoms with Gasteiger partial charge in [-0.1, -0.05) is 32.6 Å². The van der Waals surface area contributed by atoms with Gasteiger partial charge in [0, 0.05) is 67.8 Å². The molecule has 2 aliphatic heterocycles. The van der Waals surface area contributed by atoms with Crippen LogP contribution in [0, 0.1) is 0 Å². The van der Waals surface area contributed by atoms with Crippen molar-refractivity contribution in [2.75, 3.05) is 53.0 Å². The lowest BCUT2D eigenvalue weighted by molar-refractivity contribution is 0.0375.